The van der Waals surface area contributed by atoms with Gasteiger partial charge in [0, 0.05) is 12.1 Å². The van der Waals surface area contributed by atoms with Crippen LogP contribution in [0.1, 0.15) is 30.0 Å². The summed E-state index contributed by atoms with van der Waals surface area (Å²) in [4.78, 5) is 14.0. The normalized spacial score (nSPS) is 18.1. The molecule has 1 aliphatic heterocycles. The predicted octanol–water partition coefficient (Wildman–Crippen LogP) is 4.74. The zero-order valence-electron chi connectivity index (χ0n) is 17.4. The molecule has 1 heterocycles. The number of piperidine rings is 1. The van der Waals surface area contributed by atoms with Crippen LogP contribution < -0.4 is 9.47 Å². The summed E-state index contributed by atoms with van der Waals surface area (Å²) in [6, 6.07) is 20.5. The minimum absolute atomic E-state index is 0.123. The lowest BCUT2D eigenvalue weighted by Crippen LogP contribution is -2.41. The van der Waals surface area contributed by atoms with Crippen molar-refractivity contribution in [2.45, 2.75) is 18.9 Å². The van der Waals surface area contributed by atoms with Gasteiger partial charge in [-0.3, -0.25) is 9.69 Å². The monoisotopic (exact) mass is 405 g/mol. The fourth-order valence-electron chi connectivity index (χ4n) is 4.53. The van der Waals surface area contributed by atoms with E-state index < -0.39 is 5.97 Å². The number of likely N-dealkylation sites (tertiary alicyclic amines) is 1. The number of benzene rings is 3. The van der Waals surface area contributed by atoms with Crippen molar-refractivity contribution >= 4 is 16.7 Å². The molecule has 0 radical (unpaired) electrons. The third kappa shape index (κ3) is 3.85. The van der Waals surface area contributed by atoms with Crippen LogP contribution in [-0.4, -0.2) is 43.3 Å². The van der Waals surface area contributed by atoms with Crippen LogP contribution in [0.5, 0.6) is 11.5 Å². The van der Waals surface area contributed by atoms with Crippen molar-refractivity contribution in [1.82, 2.24) is 4.90 Å². The molecule has 2 atom stereocenters. The summed E-state index contributed by atoms with van der Waals surface area (Å²) in [5.74, 6) is 0.274. The van der Waals surface area contributed by atoms with E-state index in [1.54, 1.807) is 14.2 Å². The average molecular weight is 405 g/mol. The molecule has 3 aromatic rings. The minimum atomic E-state index is -0.727. The molecule has 0 saturated carbocycles. The highest BCUT2D eigenvalue weighted by Gasteiger charge is 2.33. The SMILES string of the molecule is COc1cccc(C(c2ccc3ccccc3c2)N2CCCC(C(=O)O)C2)c1OC. The molecule has 1 saturated heterocycles. The second kappa shape index (κ2) is 8.76. The van der Waals surface area contributed by atoms with Crippen LogP contribution in [-0.2, 0) is 4.79 Å². The Morgan fingerprint density at radius 3 is 2.57 bits per heavy atom. The summed E-state index contributed by atoms with van der Waals surface area (Å²) < 4.78 is 11.3. The number of aliphatic carboxylic acids is 1. The van der Waals surface area contributed by atoms with Crippen LogP contribution in [0.15, 0.2) is 60.7 Å². The zero-order valence-corrected chi connectivity index (χ0v) is 17.4. The van der Waals surface area contributed by atoms with E-state index in [0.717, 1.165) is 29.5 Å². The zero-order chi connectivity index (χ0) is 21.1. The molecule has 0 bridgehead atoms. The summed E-state index contributed by atoms with van der Waals surface area (Å²) in [6.07, 6.45) is 1.57. The summed E-state index contributed by atoms with van der Waals surface area (Å²) in [5.41, 5.74) is 2.10. The molecule has 30 heavy (non-hydrogen) atoms. The number of hydrogen-bond acceptors (Lipinski definition) is 4. The van der Waals surface area contributed by atoms with Gasteiger partial charge in [-0.1, -0.05) is 48.5 Å². The molecule has 2 unspecified atom stereocenters. The van der Waals surface area contributed by atoms with Gasteiger partial charge in [0.05, 0.1) is 26.2 Å². The number of carboxylic acid groups (broad SMARTS) is 1. The molecular formula is C25H27NO4. The van der Waals surface area contributed by atoms with Gasteiger partial charge in [-0.2, -0.15) is 0 Å². The number of para-hydroxylation sites is 1. The molecule has 5 nitrogen and oxygen atoms in total. The Kier molecular flexibility index (Phi) is 5.91. The largest absolute Gasteiger partial charge is 0.493 e. The van der Waals surface area contributed by atoms with Crippen molar-refractivity contribution < 1.29 is 19.4 Å². The topological polar surface area (TPSA) is 59.0 Å². The Bertz CT molecular complexity index is 1050. The van der Waals surface area contributed by atoms with Crippen molar-refractivity contribution in [3.8, 4) is 11.5 Å². The molecule has 156 valence electrons. The first-order valence-electron chi connectivity index (χ1n) is 10.3. The van der Waals surface area contributed by atoms with Crippen LogP contribution in [0.2, 0.25) is 0 Å². The molecule has 1 aliphatic rings. The van der Waals surface area contributed by atoms with Crippen molar-refractivity contribution in [3.05, 3.63) is 71.8 Å². The Morgan fingerprint density at radius 1 is 1.03 bits per heavy atom. The third-order valence-electron chi connectivity index (χ3n) is 5.98. The maximum Gasteiger partial charge on any atom is 0.307 e. The van der Waals surface area contributed by atoms with Gasteiger partial charge in [0.15, 0.2) is 11.5 Å². The van der Waals surface area contributed by atoms with E-state index in [1.165, 1.54) is 5.39 Å². The van der Waals surface area contributed by atoms with Crippen LogP contribution in [0, 0.1) is 5.92 Å². The number of carboxylic acids is 1. The molecule has 3 aromatic carbocycles. The Balaban J connectivity index is 1.85. The van der Waals surface area contributed by atoms with Crippen molar-refractivity contribution in [3.63, 3.8) is 0 Å². The van der Waals surface area contributed by atoms with Gasteiger partial charge in [0.25, 0.3) is 0 Å². The first kappa shape index (κ1) is 20.2. The predicted molar refractivity (Wildman–Crippen MR) is 117 cm³/mol. The Hall–Kier alpha value is -3.05. The highest BCUT2D eigenvalue weighted by Crippen LogP contribution is 2.42. The fraction of sp³-hybridized carbons (Fsp3) is 0.320. The van der Waals surface area contributed by atoms with E-state index in [4.69, 9.17) is 9.47 Å². The lowest BCUT2D eigenvalue weighted by molar-refractivity contribution is -0.143. The molecule has 4 rings (SSSR count). The maximum absolute atomic E-state index is 11.7. The van der Waals surface area contributed by atoms with Crippen LogP contribution in [0.4, 0.5) is 0 Å². The number of methoxy groups -OCH3 is 2. The van der Waals surface area contributed by atoms with Crippen LogP contribution in [0.25, 0.3) is 10.8 Å². The number of rotatable bonds is 6. The van der Waals surface area contributed by atoms with Gasteiger partial charge in [0.2, 0.25) is 0 Å². The lowest BCUT2D eigenvalue weighted by Gasteiger charge is -2.38. The van der Waals surface area contributed by atoms with Gasteiger partial charge in [-0.05, 0) is 47.9 Å². The van der Waals surface area contributed by atoms with E-state index >= 15 is 0 Å². The third-order valence-corrected chi connectivity index (χ3v) is 5.98. The van der Waals surface area contributed by atoms with Crippen LogP contribution in [0.3, 0.4) is 0 Å². The number of ether oxygens (including phenoxy) is 2. The molecule has 0 aliphatic carbocycles. The van der Waals surface area contributed by atoms with E-state index in [-0.39, 0.29) is 12.0 Å². The van der Waals surface area contributed by atoms with Gasteiger partial charge in [0.1, 0.15) is 0 Å². The highest BCUT2D eigenvalue weighted by molar-refractivity contribution is 5.83. The quantitative estimate of drug-likeness (QED) is 0.642. The van der Waals surface area contributed by atoms with Gasteiger partial charge < -0.3 is 14.6 Å². The first-order valence-corrected chi connectivity index (χ1v) is 10.3. The molecule has 1 fully saturated rings. The highest BCUT2D eigenvalue weighted by atomic mass is 16.5. The standard InChI is InChI=1S/C25H27NO4/c1-29-22-11-5-10-21(24(22)30-2)23(26-14-6-9-20(16-26)25(27)28)19-13-12-17-7-3-4-8-18(17)15-19/h3-5,7-8,10-13,15,20,23H,6,9,14,16H2,1-2H3,(H,27,28). The fourth-order valence-corrected chi connectivity index (χ4v) is 4.53. The van der Waals surface area contributed by atoms with Gasteiger partial charge in [-0.25, -0.2) is 0 Å². The van der Waals surface area contributed by atoms with E-state index in [9.17, 15) is 9.90 Å². The van der Waals surface area contributed by atoms with E-state index in [0.29, 0.717) is 24.5 Å². The van der Waals surface area contributed by atoms with Gasteiger partial charge >= 0.3 is 5.97 Å². The van der Waals surface area contributed by atoms with Crippen LogP contribution >= 0.6 is 0 Å². The second-order valence-corrected chi connectivity index (χ2v) is 7.76. The first-order chi connectivity index (χ1) is 14.6. The molecule has 0 aromatic heterocycles. The second-order valence-electron chi connectivity index (χ2n) is 7.76. The van der Waals surface area contributed by atoms with Crippen molar-refractivity contribution in [2.24, 2.45) is 5.92 Å². The Morgan fingerprint density at radius 2 is 1.83 bits per heavy atom. The Labute approximate surface area is 176 Å². The van der Waals surface area contributed by atoms with E-state index in [1.807, 2.05) is 30.3 Å². The molecular weight excluding hydrogens is 378 g/mol. The summed E-state index contributed by atoms with van der Waals surface area (Å²) in [7, 11) is 3.28. The maximum atomic E-state index is 11.7. The summed E-state index contributed by atoms with van der Waals surface area (Å²) >= 11 is 0. The number of carbonyl (C=O) groups is 1. The minimum Gasteiger partial charge on any atom is -0.493 e. The van der Waals surface area contributed by atoms with Crippen molar-refractivity contribution in [1.29, 1.82) is 0 Å². The average Bonchev–Trinajstić information content (AvgIpc) is 2.79. The van der Waals surface area contributed by atoms with Crippen molar-refractivity contribution in [2.75, 3.05) is 27.3 Å². The summed E-state index contributed by atoms with van der Waals surface area (Å²) in [5, 5.41) is 12.0. The number of hydrogen-bond donors (Lipinski definition) is 1. The van der Waals surface area contributed by atoms with Gasteiger partial charge in [-0.15, -0.1) is 0 Å². The molecule has 0 amide bonds. The smallest absolute Gasteiger partial charge is 0.307 e. The summed E-state index contributed by atoms with van der Waals surface area (Å²) in [6.45, 7) is 1.34. The number of nitrogens with zero attached hydrogens (tertiary/aromatic N) is 1. The van der Waals surface area contributed by atoms with E-state index in [2.05, 4.69) is 35.2 Å². The molecule has 1 N–H and O–H groups in total. The number of fused-ring (bicyclic) bond motifs is 1. The molecule has 5 heteroatoms. The molecule has 0 spiro atoms. The lowest BCUT2D eigenvalue weighted by atomic mass is 9.90.